The number of amides is 1. The molecule has 0 aromatic heterocycles. The molecular weight excluding hydrogens is 339 g/mol. The fraction of sp³-hybridized carbons (Fsp3) is 0.417. The second kappa shape index (κ2) is 6.24. The average molecular weight is 352 g/mol. The predicted molar refractivity (Wildman–Crippen MR) is 78.4 cm³/mol. The lowest BCUT2D eigenvalue weighted by Crippen LogP contribution is -2.18. The average Bonchev–Trinajstić information content (AvgIpc) is 2.76. The molecule has 6 heteroatoms. The Labute approximate surface area is 124 Å². The van der Waals surface area contributed by atoms with Crippen molar-refractivity contribution < 1.29 is 4.79 Å². The molecule has 2 N–H and O–H groups in total. The van der Waals surface area contributed by atoms with E-state index in [0.29, 0.717) is 28.1 Å². The molecule has 1 fully saturated rings. The molecule has 1 atom stereocenters. The van der Waals surface area contributed by atoms with Crippen LogP contribution in [0.3, 0.4) is 0 Å². The minimum absolute atomic E-state index is 0.0465. The summed E-state index contributed by atoms with van der Waals surface area (Å²) in [6.45, 7) is 1.88. The third-order valence-electron chi connectivity index (χ3n) is 2.91. The molecule has 1 aliphatic heterocycles. The summed E-state index contributed by atoms with van der Waals surface area (Å²) in [5.41, 5.74) is 0.484. The lowest BCUT2D eigenvalue weighted by Gasteiger charge is -2.12. The van der Waals surface area contributed by atoms with Crippen LogP contribution in [0.15, 0.2) is 16.6 Å². The lowest BCUT2D eigenvalue weighted by atomic mass is 10.0. The molecular formula is C12H13BrCl2N2O. The van der Waals surface area contributed by atoms with Crippen molar-refractivity contribution in [2.24, 2.45) is 5.92 Å². The highest BCUT2D eigenvalue weighted by Crippen LogP contribution is 2.34. The Hall–Kier alpha value is -0.290. The number of hydrogen-bond acceptors (Lipinski definition) is 2. The van der Waals surface area contributed by atoms with Gasteiger partial charge < -0.3 is 10.6 Å². The van der Waals surface area contributed by atoms with Gasteiger partial charge in [-0.15, -0.1) is 0 Å². The van der Waals surface area contributed by atoms with E-state index in [-0.39, 0.29) is 5.91 Å². The zero-order chi connectivity index (χ0) is 13.1. The Morgan fingerprint density at radius 1 is 1.44 bits per heavy atom. The first kappa shape index (κ1) is 14.1. The van der Waals surface area contributed by atoms with Crippen molar-refractivity contribution in [3.05, 3.63) is 26.7 Å². The fourth-order valence-electron chi connectivity index (χ4n) is 2.00. The van der Waals surface area contributed by atoms with Gasteiger partial charge in [-0.05, 0) is 37.6 Å². The standard InChI is InChI=1S/C12H13BrCl2N2O/c13-8-4-9(14)12(10(15)5-8)17-11(18)3-7-1-2-16-6-7/h4-5,7,16H,1-3,6H2,(H,17,18). The number of carbonyl (C=O) groups is 1. The van der Waals surface area contributed by atoms with Gasteiger partial charge in [0.1, 0.15) is 0 Å². The van der Waals surface area contributed by atoms with Crippen LogP contribution in [0.4, 0.5) is 5.69 Å². The van der Waals surface area contributed by atoms with E-state index in [2.05, 4.69) is 26.6 Å². The van der Waals surface area contributed by atoms with Crippen molar-refractivity contribution >= 4 is 50.7 Å². The van der Waals surface area contributed by atoms with Gasteiger partial charge in [-0.2, -0.15) is 0 Å². The van der Waals surface area contributed by atoms with Gasteiger partial charge >= 0.3 is 0 Å². The third-order valence-corrected chi connectivity index (χ3v) is 3.96. The molecule has 0 radical (unpaired) electrons. The molecule has 0 bridgehead atoms. The van der Waals surface area contributed by atoms with Crippen molar-refractivity contribution in [2.75, 3.05) is 18.4 Å². The van der Waals surface area contributed by atoms with Crippen LogP contribution in [0, 0.1) is 5.92 Å². The first-order valence-corrected chi connectivity index (χ1v) is 7.26. The van der Waals surface area contributed by atoms with E-state index in [4.69, 9.17) is 23.2 Å². The first-order valence-electron chi connectivity index (χ1n) is 5.71. The summed E-state index contributed by atoms with van der Waals surface area (Å²) in [5, 5.41) is 6.89. The van der Waals surface area contributed by atoms with Gasteiger partial charge in [-0.1, -0.05) is 39.1 Å². The summed E-state index contributed by atoms with van der Waals surface area (Å²) >= 11 is 15.4. The number of halogens is 3. The highest BCUT2D eigenvalue weighted by Gasteiger charge is 2.19. The molecule has 1 heterocycles. The quantitative estimate of drug-likeness (QED) is 0.871. The van der Waals surface area contributed by atoms with E-state index in [9.17, 15) is 4.79 Å². The van der Waals surface area contributed by atoms with Crippen LogP contribution in [-0.4, -0.2) is 19.0 Å². The van der Waals surface area contributed by atoms with Crippen LogP contribution in [-0.2, 0) is 4.79 Å². The molecule has 98 valence electrons. The van der Waals surface area contributed by atoms with Gasteiger partial charge in [0.2, 0.25) is 5.91 Å². The maximum absolute atomic E-state index is 11.9. The predicted octanol–water partition coefficient (Wildman–Crippen LogP) is 3.69. The number of benzene rings is 1. The van der Waals surface area contributed by atoms with Gasteiger partial charge in [-0.25, -0.2) is 0 Å². The Balaban J connectivity index is 2.02. The van der Waals surface area contributed by atoms with E-state index < -0.39 is 0 Å². The Morgan fingerprint density at radius 2 is 2.11 bits per heavy atom. The summed E-state index contributed by atoms with van der Waals surface area (Å²) in [7, 11) is 0. The molecule has 1 amide bonds. The molecule has 2 rings (SSSR count). The lowest BCUT2D eigenvalue weighted by molar-refractivity contribution is -0.116. The zero-order valence-electron chi connectivity index (χ0n) is 9.60. The van der Waals surface area contributed by atoms with Crippen molar-refractivity contribution in [1.29, 1.82) is 0 Å². The molecule has 1 aliphatic rings. The van der Waals surface area contributed by atoms with Crippen molar-refractivity contribution in [3.8, 4) is 0 Å². The summed E-state index contributed by atoms with van der Waals surface area (Å²) in [5.74, 6) is 0.354. The molecule has 1 unspecified atom stereocenters. The summed E-state index contributed by atoms with van der Waals surface area (Å²) < 4.78 is 0.787. The van der Waals surface area contributed by atoms with E-state index in [0.717, 1.165) is 24.0 Å². The van der Waals surface area contributed by atoms with Crippen LogP contribution in [0.1, 0.15) is 12.8 Å². The highest BCUT2D eigenvalue weighted by molar-refractivity contribution is 9.10. The SMILES string of the molecule is O=C(CC1CCNC1)Nc1c(Cl)cc(Br)cc1Cl. The maximum atomic E-state index is 11.9. The zero-order valence-corrected chi connectivity index (χ0v) is 12.7. The van der Waals surface area contributed by atoms with Crippen LogP contribution in [0.5, 0.6) is 0 Å². The first-order chi connectivity index (χ1) is 8.56. The van der Waals surface area contributed by atoms with E-state index in [1.54, 1.807) is 12.1 Å². The van der Waals surface area contributed by atoms with Crippen molar-refractivity contribution in [3.63, 3.8) is 0 Å². The largest absolute Gasteiger partial charge is 0.324 e. The van der Waals surface area contributed by atoms with Crippen LogP contribution < -0.4 is 10.6 Å². The molecule has 18 heavy (non-hydrogen) atoms. The molecule has 1 aromatic rings. The monoisotopic (exact) mass is 350 g/mol. The topological polar surface area (TPSA) is 41.1 Å². The summed E-state index contributed by atoms with van der Waals surface area (Å²) in [4.78, 5) is 11.9. The van der Waals surface area contributed by atoms with E-state index >= 15 is 0 Å². The second-order valence-corrected chi connectivity index (χ2v) is 6.09. The van der Waals surface area contributed by atoms with Crippen LogP contribution in [0.25, 0.3) is 0 Å². The molecule has 1 saturated heterocycles. The number of rotatable bonds is 3. The maximum Gasteiger partial charge on any atom is 0.224 e. The normalized spacial score (nSPS) is 18.9. The number of carbonyl (C=O) groups excluding carboxylic acids is 1. The molecule has 0 saturated carbocycles. The summed E-state index contributed by atoms with van der Waals surface area (Å²) in [6, 6.07) is 3.42. The Bertz CT molecular complexity index is 438. The van der Waals surface area contributed by atoms with Gasteiger partial charge in [0, 0.05) is 10.9 Å². The van der Waals surface area contributed by atoms with Gasteiger partial charge in [-0.3, -0.25) is 4.79 Å². The molecule has 3 nitrogen and oxygen atoms in total. The Morgan fingerprint density at radius 3 is 2.67 bits per heavy atom. The Kier molecular flexibility index (Phi) is 4.90. The van der Waals surface area contributed by atoms with Crippen LogP contribution >= 0.6 is 39.1 Å². The third kappa shape index (κ3) is 3.60. The fourth-order valence-corrected chi connectivity index (χ4v) is 3.31. The minimum atomic E-state index is -0.0465. The molecule has 1 aromatic carbocycles. The highest BCUT2D eigenvalue weighted by atomic mass is 79.9. The number of anilines is 1. The van der Waals surface area contributed by atoms with Crippen LogP contribution in [0.2, 0.25) is 10.0 Å². The number of nitrogens with one attached hydrogen (secondary N) is 2. The van der Waals surface area contributed by atoms with Gasteiger partial charge in [0.25, 0.3) is 0 Å². The van der Waals surface area contributed by atoms with Crippen molar-refractivity contribution in [1.82, 2.24) is 5.32 Å². The van der Waals surface area contributed by atoms with Crippen molar-refractivity contribution in [2.45, 2.75) is 12.8 Å². The molecule has 0 spiro atoms. The smallest absolute Gasteiger partial charge is 0.224 e. The minimum Gasteiger partial charge on any atom is -0.324 e. The second-order valence-electron chi connectivity index (χ2n) is 4.36. The van der Waals surface area contributed by atoms with Gasteiger partial charge in [0.05, 0.1) is 15.7 Å². The van der Waals surface area contributed by atoms with Gasteiger partial charge in [0.15, 0.2) is 0 Å². The summed E-state index contributed by atoms with van der Waals surface area (Å²) in [6.07, 6.45) is 1.53. The van der Waals surface area contributed by atoms with E-state index in [1.165, 1.54) is 0 Å². The number of hydrogen-bond donors (Lipinski definition) is 2. The van der Waals surface area contributed by atoms with E-state index in [1.807, 2.05) is 0 Å². The molecule has 0 aliphatic carbocycles.